The Balaban J connectivity index is 1.40. The smallest absolute Gasteiger partial charge is 0.369 e. The average molecular weight is 602 g/mol. The van der Waals surface area contributed by atoms with Crippen molar-refractivity contribution >= 4 is 70.2 Å². The number of carbonyl (C=O) groups is 4. The van der Waals surface area contributed by atoms with E-state index >= 15 is 0 Å². The molecule has 0 saturated heterocycles. The van der Waals surface area contributed by atoms with Gasteiger partial charge in [-0.25, -0.2) is 9.59 Å². The number of hydrogen-bond acceptors (Lipinski definition) is 8. The van der Waals surface area contributed by atoms with Gasteiger partial charge in [0.1, 0.15) is 11.5 Å². The van der Waals surface area contributed by atoms with Gasteiger partial charge in [-0.3, -0.25) is 9.59 Å². The number of nitrogens with one attached hydrogen (secondary N) is 2. The molecular formula is C24H16Cl4N2O8. The second-order valence-electron chi connectivity index (χ2n) is 7.11. The monoisotopic (exact) mass is 600 g/mol. The maximum absolute atomic E-state index is 12.2. The van der Waals surface area contributed by atoms with Gasteiger partial charge in [0.15, 0.2) is 13.2 Å². The zero-order valence-electron chi connectivity index (χ0n) is 19.0. The molecule has 14 heteroatoms. The van der Waals surface area contributed by atoms with Crippen LogP contribution in [0.5, 0.6) is 11.5 Å². The highest BCUT2D eigenvalue weighted by molar-refractivity contribution is 6.36. The standard InChI is InChI=1S/C24H16Cl4N2O8/c25-15-5-7-19(17(27)9-15)35-11-21(31)37-29-23(33)13-1-2-14(4-3-13)24(34)30-38-22(32)12-36-20-8-6-16(26)10-18(20)28/h1-10H,11-12H2,(H,29,33)(H,30,34). The summed E-state index contributed by atoms with van der Waals surface area (Å²) in [5.74, 6) is -2.91. The molecule has 0 unspecified atom stereocenters. The summed E-state index contributed by atoms with van der Waals surface area (Å²) in [6.45, 7) is -1.06. The minimum absolute atomic E-state index is 0.0706. The molecule has 0 aliphatic rings. The van der Waals surface area contributed by atoms with Crippen LogP contribution in [0.25, 0.3) is 0 Å². The van der Waals surface area contributed by atoms with Crippen molar-refractivity contribution in [2.45, 2.75) is 0 Å². The minimum atomic E-state index is -0.899. The number of hydroxylamine groups is 2. The Morgan fingerprint density at radius 3 is 1.29 bits per heavy atom. The van der Waals surface area contributed by atoms with E-state index in [1.165, 1.54) is 60.7 Å². The number of amides is 2. The first kappa shape index (κ1) is 28.9. The van der Waals surface area contributed by atoms with Gasteiger partial charge < -0.3 is 19.1 Å². The summed E-state index contributed by atoms with van der Waals surface area (Å²) in [5, 5.41) is 1.19. The molecule has 198 valence electrons. The molecule has 0 aromatic heterocycles. The number of benzene rings is 3. The van der Waals surface area contributed by atoms with Crippen molar-refractivity contribution < 1.29 is 38.3 Å². The molecule has 0 bridgehead atoms. The predicted octanol–water partition coefficient (Wildman–Crippen LogP) is 4.83. The summed E-state index contributed by atoms with van der Waals surface area (Å²) in [5.41, 5.74) is 4.06. The molecule has 0 spiro atoms. The quantitative estimate of drug-likeness (QED) is 0.351. The van der Waals surface area contributed by atoms with Gasteiger partial charge in [-0.05, 0) is 60.7 Å². The van der Waals surface area contributed by atoms with Gasteiger partial charge in [0.2, 0.25) is 0 Å². The molecule has 0 aliphatic carbocycles. The van der Waals surface area contributed by atoms with Crippen LogP contribution in [-0.2, 0) is 19.3 Å². The maximum atomic E-state index is 12.2. The van der Waals surface area contributed by atoms with Gasteiger partial charge in [-0.1, -0.05) is 46.4 Å². The molecule has 0 atom stereocenters. The Hall–Kier alpha value is -3.70. The van der Waals surface area contributed by atoms with Crippen LogP contribution in [0.15, 0.2) is 60.7 Å². The summed E-state index contributed by atoms with van der Waals surface area (Å²) in [7, 11) is 0. The number of hydrogen-bond donors (Lipinski definition) is 2. The van der Waals surface area contributed by atoms with E-state index in [1.807, 2.05) is 11.0 Å². The third-order valence-electron chi connectivity index (χ3n) is 4.40. The van der Waals surface area contributed by atoms with Gasteiger partial charge in [0.25, 0.3) is 11.8 Å². The summed E-state index contributed by atoms with van der Waals surface area (Å²) < 4.78 is 10.4. The Morgan fingerprint density at radius 1 is 0.579 bits per heavy atom. The van der Waals surface area contributed by atoms with Crippen molar-refractivity contribution in [3.8, 4) is 11.5 Å². The average Bonchev–Trinajstić information content (AvgIpc) is 2.89. The Bertz CT molecular complexity index is 1250. The SMILES string of the molecule is O=C(COc1ccc(Cl)cc1Cl)ONC(=O)c1ccc(C(=O)NOC(=O)COc2ccc(Cl)cc2Cl)cc1. The Morgan fingerprint density at radius 2 is 0.947 bits per heavy atom. The van der Waals surface area contributed by atoms with Crippen molar-refractivity contribution in [1.29, 1.82) is 0 Å². The number of ether oxygens (including phenoxy) is 2. The number of rotatable bonds is 8. The van der Waals surface area contributed by atoms with E-state index in [2.05, 4.69) is 9.68 Å². The van der Waals surface area contributed by atoms with E-state index in [4.69, 9.17) is 55.9 Å². The molecule has 2 amide bonds. The summed E-state index contributed by atoms with van der Waals surface area (Å²) >= 11 is 23.4. The molecule has 0 radical (unpaired) electrons. The van der Waals surface area contributed by atoms with Crippen LogP contribution in [0.4, 0.5) is 0 Å². The zero-order valence-corrected chi connectivity index (χ0v) is 22.0. The fraction of sp³-hybridized carbons (Fsp3) is 0.0833. The molecule has 3 rings (SSSR count). The zero-order chi connectivity index (χ0) is 27.7. The van der Waals surface area contributed by atoms with Crippen LogP contribution >= 0.6 is 46.4 Å². The lowest BCUT2D eigenvalue weighted by atomic mass is 10.1. The van der Waals surface area contributed by atoms with Crippen LogP contribution in [0.1, 0.15) is 20.7 Å². The Labute approximate surface area is 235 Å². The topological polar surface area (TPSA) is 129 Å². The highest BCUT2D eigenvalue weighted by Crippen LogP contribution is 2.28. The summed E-state index contributed by atoms with van der Waals surface area (Å²) in [4.78, 5) is 57.3. The molecule has 0 saturated carbocycles. The molecule has 2 N–H and O–H groups in total. The van der Waals surface area contributed by atoms with E-state index in [9.17, 15) is 19.2 Å². The van der Waals surface area contributed by atoms with Gasteiger partial charge in [0, 0.05) is 21.2 Å². The van der Waals surface area contributed by atoms with E-state index in [-0.39, 0.29) is 32.7 Å². The highest BCUT2D eigenvalue weighted by Gasteiger charge is 2.14. The molecule has 0 heterocycles. The van der Waals surface area contributed by atoms with Crippen LogP contribution in [0.3, 0.4) is 0 Å². The van der Waals surface area contributed by atoms with E-state index in [0.717, 1.165) is 0 Å². The lowest BCUT2D eigenvalue weighted by molar-refractivity contribution is -0.152. The van der Waals surface area contributed by atoms with E-state index < -0.39 is 37.0 Å². The Kier molecular flexibility index (Phi) is 10.4. The molecular weight excluding hydrogens is 586 g/mol. The van der Waals surface area contributed by atoms with Crippen LogP contribution in [0, 0.1) is 0 Å². The summed E-state index contributed by atoms with van der Waals surface area (Å²) in [6.07, 6.45) is 0. The molecule has 10 nitrogen and oxygen atoms in total. The van der Waals surface area contributed by atoms with Gasteiger partial charge in [0.05, 0.1) is 10.0 Å². The minimum Gasteiger partial charge on any atom is -0.480 e. The second kappa shape index (κ2) is 13.7. The van der Waals surface area contributed by atoms with E-state index in [1.54, 1.807) is 0 Å². The van der Waals surface area contributed by atoms with E-state index in [0.29, 0.717) is 10.0 Å². The van der Waals surface area contributed by atoms with Gasteiger partial charge in [-0.15, -0.1) is 0 Å². The third-order valence-corrected chi connectivity index (χ3v) is 5.46. The van der Waals surface area contributed by atoms with Crippen molar-refractivity contribution in [2.75, 3.05) is 13.2 Å². The molecule has 0 aliphatic heterocycles. The molecule has 0 fully saturated rings. The van der Waals surface area contributed by atoms with Gasteiger partial charge in [-0.2, -0.15) is 11.0 Å². The maximum Gasteiger partial charge on any atom is 0.369 e. The van der Waals surface area contributed by atoms with Crippen molar-refractivity contribution in [3.05, 3.63) is 91.9 Å². The lowest BCUT2D eigenvalue weighted by Gasteiger charge is -2.10. The largest absolute Gasteiger partial charge is 0.480 e. The molecule has 3 aromatic carbocycles. The second-order valence-corrected chi connectivity index (χ2v) is 8.80. The summed E-state index contributed by atoms with van der Waals surface area (Å²) in [6, 6.07) is 14.0. The molecule has 3 aromatic rings. The first-order chi connectivity index (χ1) is 18.1. The first-order valence-electron chi connectivity index (χ1n) is 10.4. The van der Waals surface area contributed by atoms with Crippen molar-refractivity contribution in [3.63, 3.8) is 0 Å². The number of halogens is 4. The van der Waals surface area contributed by atoms with Crippen molar-refractivity contribution in [2.24, 2.45) is 0 Å². The first-order valence-corrected chi connectivity index (χ1v) is 11.9. The number of carbonyl (C=O) groups excluding carboxylic acids is 4. The third kappa shape index (κ3) is 8.70. The highest BCUT2D eigenvalue weighted by atomic mass is 35.5. The fourth-order valence-corrected chi connectivity index (χ4v) is 3.54. The predicted molar refractivity (Wildman–Crippen MR) is 137 cm³/mol. The van der Waals surface area contributed by atoms with Gasteiger partial charge >= 0.3 is 11.9 Å². The van der Waals surface area contributed by atoms with Crippen LogP contribution in [0.2, 0.25) is 20.1 Å². The molecule has 38 heavy (non-hydrogen) atoms. The fourth-order valence-electron chi connectivity index (χ4n) is 2.61. The van der Waals surface area contributed by atoms with Crippen molar-refractivity contribution in [1.82, 2.24) is 11.0 Å². The van der Waals surface area contributed by atoms with Crippen LogP contribution < -0.4 is 20.4 Å². The lowest BCUT2D eigenvalue weighted by Crippen LogP contribution is -2.30. The van der Waals surface area contributed by atoms with Crippen LogP contribution in [-0.4, -0.2) is 37.0 Å². The normalized spacial score (nSPS) is 10.2.